The van der Waals surface area contributed by atoms with Gasteiger partial charge in [-0.15, -0.1) is 0 Å². The molecule has 78 valence electrons. The van der Waals surface area contributed by atoms with Gasteiger partial charge in [0.1, 0.15) is 0 Å². The van der Waals surface area contributed by atoms with Crippen LogP contribution in [0.5, 0.6) is 0 Å². The summed E-state index contributed by atoms with van der Waals surface area (Å²) in [5.41, 5.74) is 0.910. The predicted molar refractivity (Wildman–Crippen MR) is 61.4 cm³/mol. The fourth-order valence-electron chi connectivity index (χ4n) is 0.896. The molecule has 0 aliphatic heterocycles. The van der Waals surface area contributed by atoms with E-state index in [0.29, 0.717) is 12.2 Å². The molecule has 0 unspecified atom stereocenters. The summed E-state index contributed by atoms with van der Waals surface area (Å²) in [6.07, 6.45) is 2.37. The second kappa shape index (κ2) is 6.20. The van der Waals surface area contributed by atoms with E-state index < -0.39 is 0 Å². The summed E-state index contributed by atoms with van der Waals surface area (Å²) in [5, 5.41) is 0.128. The second-order valence-electron chi connectivity index (χ2n) is 2.91. The zero-order chi connectivity index (χ0) is 11.1. The predicted octanol–water partition coefficient (Wildman–Crippen LogP) is 1.81. The maximum absolute atomic E-state index is 10.6. The third-order valence-electron chi connectivity index (χ3n) is 1.53. The maximum Gasteiger partial charge on any atom is 0.205 e. The number of nitrogens with zero attached hydrogens (tertiary/aromatic N) is 2. The van der Waals surface area contributed by atoms with E-state index in [9.17, 15) is 4.79 Å². The Balaban J connectivity index is 2.41. The van der Waals surface area contributed by atoms with Crippen molar-refractivity contribution in [2.45, 2.75) is 20.3 Å². The molecular formula is C11H12N2OS. The van der Waals surface area contributed by atoms with Crippen molar-refractivity contribution < 1.29 is 4.79 Å². The Morgan fingerprint density at radius 2 is 2.40 bits per heavy atom. The van der Waals surface area contributed by atoms with Gasteiger partial charge in [-0.05, 0) is 18.9 Å². The molecule has 1 aromatic heterocycles. The molecule has 4 heteroatoms. The Morgan fingerprint density at radius 1 is 1.60 bits per heavy atom. The summed E-state index contributed by atoms with van der Waals surface area (Å²) < 4.78 is 0. The quantitative estimate of drug-likeness (QED) is 0.563. The molecular weight excluding hydrogens is 208 g/mol. The molecule has 0 fully saturated rings. The van der Waals surface area contributed by atoms with Crippen molar-refractivity contribution in [3.05, 3.63) is 23.8 Å². The Bertz CT molecular complexity index is 407. The Morgan fingerprint density at radius 3 is 3.07 bits per heavy atom. The highest BCUT2D eigenvalue weighted by atomic mass is 32.2. The maximum atomic E-state index is 10.6. The Kier molecular flexibility index (Phi) is 4.85. The van der Waals surface area contributed by atoms with E-state index >= 15 is 0 Å². The molecule has 0 atom stereocenters. The van der Waals surface area contributed by atoms with Crippen LogP contribution >= 0.6 is 11.8 Å². The number of hydrogen-bond acceptors (Lipinski definition) is 4. The van der Waals surface area contributed by atoms with Crippen LogP contribution < -0.4 is 0 Å². The summed E-state index contributed by atoms with van der Waals surface area (Å²) >= 11 is 1.29. The average Bonchev–Trinajstić information content (AvgIpc) is 2.17. The van der Waals surface area contributed by atoms with E-state index in [-0.39, 0.29) is 5.12 Å². The molecule has 1 aromatic rings. The zero-order valence-electron chi connectivity index (χ0n) is 8.78. The van der Waals surface area contributed by atoms with Gasteiger partial charge in [-0.25, -0.2) is 9.97 Å². The number of carbonyl (C=O) groups excluding carboxylic acids is 1. The van der Waals surface area contributed by atoms with Crippen LogP contribution in [0.1, 0.15) is 24.9 Å². The highest BCUT2D eigenvalue weighted by Gasteiger charge is 1.92. The number of hydrogen-bond donors (Lipinski definition) is 0. The smallest absolute Gasteiger partial charge is 0.205 e. The van der Waals surface area contributed by atoms with Crippen molar-refractivity contribution in [1.82, 2.24) is 9.97 Å². The lowest BCUT2D eigenvalue weighted by molar-refractivity contribution is -0.109. The van der Waals surface area contributed by atoms with Gasteiger partial charge in [0, 0.05) is 31.0 Å². The zero-order valence-corrected chi connectivity index (χ0v) is 9.60. The van der Waals surface area contributed by atoms with Crippen LogP contribution in [0.25, 0.3) is 0 Å². The van der Waals surface area contributed by atoms with Gasteiger partial charge in [-0.1, -0.05) is 17.7 Å². The second-order valence-corrected chi connectivity index (χ2v) is 4.19. The number of rotatable bonds is 2. The van der Waals surface area contributed by atoms with Crippen LogP contribution in [0.3, 0.4) is 0 Å². The summed E-state index contributed by atoms with van der Waals surface area (Å²) in [6.45, 7) is 3.46. The Labute approximate surface area is 93.7 Å². The normalized spacial score (nSPS) is 9.20. The van der Waals surface area contributed by atoms with Crippen molar-refractivity contribution in [3.8, 4) is 11.8 Å². The lowest BCUT2D eigenvalue weighted by Crippen LogP contribution is -1.90. The third kappa shape index (κ3) is 5.18. The van der Waals surface area contributed by atoms with Gasteiger partial charge in [-0.2, -0.15) is 0 Å². The summed E-state index contributed by atoms with van der Waals surface area (Å²) in [7, 11) is 0. The number of aromatic nitrogens is 2. The van der Waals surface area contributed by atoms with E-state index in [1.807, 2.05) is 13.0 Å². The molecule has 0 bridgehead atoms. The summed E-state index contributed by atoms with van der Waals surface area (Å²) in [4.78, 5) is 18.8. The minimum absolute atomic E-state index is 0.128. The Hall–Kier alpha value is -1.34. The minimum atomic E-state index is 0.128. The molecule has 3 nitrogen and oxygen atoms in total. The van der Waals surface area contributed by atoms with Gasteiger partial charge >= 0.3 is 0 Å². The first-order chi connectivity index (χ1) is 7.18. The fraction of sp³-hybridized carbons (Fsp3) is 0.364. The number of carbonyl (C=O) groups is 1. The van der Waals surface area contributed by atoms with Crippen molar-refractivity contribution in [2.75, 3.05) is 5.75 Å². The molecule has 0 aliphatic carbocycles. The van der Waals surface area contributed by atoms with E-state index in [2.05, 4.69) is 21.8 Å². The SMILES string of the molecule is CC(=O)SCCC#Cc1nccc(C)n1. The first-order valence-corrected chi connectivity index (χ1v) is 5.59. The summed E-state index contributed by atoms with van der Waals surface area (Å²) in [5.74, 6) is 7.07. The van der Waals surface area contributed by atoms with Crippen LogP contribution in [-0.2, 0) is 4.79 Å². The lowest BCUT2D eigenvalue weighted by atomic mass is 10.4. The molecule has 0 aromatic carbocycles. The van der Waals surface area contributed by atoms with E-state index in [0.717, 1.165) is 11.4 Å². The monoisotopic (exact) mass is 220 g/mol. The van der Waals surface area contributed by atoms with Crippen LogP contribution in [0.15, 0.2) is 12.3 Å². The van der Waals surface area contributed by atoms with E-state index in [4.69, 9.17) is 0 Å². The van der Waals surface area contributed by atoms with Gasteiger partial charge < -0.3 is 0 Å². The van der Waals surface area contributed by atoms with Gasteiger partial charge in [0.25, 0.3) is 0 Å². The summed E-state index contributed by atoms with van der Waals surface area (Å²) in [6, 6.07) is 1.83. The van der Waals surface area contributed by atoms with Crippen LogP contribution in [0, 0.1) is 18.8 Å². The molecule has 1 rings (SSSR count). The molecule has 0 N–H and O–H groups in total. The highest BCUT2D eigenvalue weighted by Crippen LogP contribution is 2.01. The first kappa shape index (κ1) is 11.7. The fourth-order valence-corrected chi connectivity index (χ4v) is 1.39. The van der Waals surface area contributed by atoms with Gasteiger partial charge in [0.15, 0.2) is 5.12 Å². The van der Waals surface area contributed by atoms with E-state index in [1.54, 1.807) is 13.1 Å². The topological polar surface area (TPSA) is 42.9 Å². The third-order valence-corrected chi connectivity index (χ3v) is 2.34. The number of thioether (sulfide) groups is 1. The minimum Gasteiger partial charge on any atom is -0.288 e. The van der Waals surface area contributed by atoms with Gasteiger partial charge in [0.2, 0.25) is 5.82 Å². The first-order valence-electron chi connectivity index (χ1n) is 4.60. The standard InChI is InChI=1S/C11H12N2OS/c1-9-6-7-12-11(13-9)5-3-4-8-15-10(2)14/h6-7H,4,8H2,1-2H3. The highest BCUT2D eigenvalue weighted by molar-refractivity contribution is 8.13. The van der Waals surface area contributed by atoms with Crippen LogP contribution in [0.4, 0.5) is 0 Å². The van der Waals surface area contributed by atoms with E-state index in [1.165, 1.54) is 11.8 Å². The molecule has 1 heterocycles. The van der Waals surface area contributed by atoms with Crippen LogP contribution in [0.2, 0.25) is 0 Å². The molecule has 0 radical (unpaired) electrons. The molecule has 0 amide bonds. The average molecular weight is 220 g/mol. The largest absolute Gasteiger partial charge is 0.288 e. The number of aryl methyl sites for hydroxylation is 1. The van der Waals surface area contributed by atoms with Crippen molar-refractivity contribution in [2.24, 2.45) is 0 Å². The van der Waals surface area contributed by atoms with Gasteiger partial charge in [-0.3, -0.25) is 4.79 Å². The van der Waals surface area contributed by atoms with Gasteiger partial charge in [0.05, 0.1) is 0 Å². The molecule has 0 saturated carbocycles. The molecule has 0 saturated heterocycles. The van der Waals surface area contributed by atoms with Crippen molar-refractivity contribution in [1.29, 1.82) is 0 Å². The molecule has 15 heavy (non-hydrogen) atoms. The van der Waals surface area contributed by atoms with Crippen LogP contribution in [-0.4, -0.2) is 20.8 Å². The molecule has 0 aliphatic rings. The van der Waals surface area contributed by atoms with Crippen molar-refractivity contribution >= 4 is 16.9 Å². The lowest BCUT2D eigenvalue weighted by Gasteiger charge is -1.91. The molecule has 0 spiro atoms. The van der Waals surface area contributed by atoms with Crippen molar-refractivity contribution in [3.63, 3.8) is 0 Å².